The normalized spacial score (nSPS) is 26.8. The molecule has 3 amide bonds. The fourth-order valence-corrected chi connectivity index (χ4v) is 5.85. The number of hydrogen-bond acceptors (Lipinski definition) is 6. The van der Waals surface area contributed by atoms with Gasteiger partial charge in [-0.05, 0) is 54.4 Å². The molecule has 0 bridgehead atoms. The largest absolute Gasteiger partial charge is 0.504 e. The van der Waals surface area contributed by atoms with E-state index in [1.807, 2.05) is 0 Å². The van der Waals surface area contributed by atoms with Crippen LogP contribution in [0.2, 0.25) is 5.02 Å². The fourth-order valence-electron chi connectivity index (χ4n) is 5.73. The van der Waals surface area contributed by atoms with E-state index in [-0.39, 0.29) is 23.8 Å². The first kappa shape index (κ1) is 21.6. The predicted octanol–water partition coefficient (Wildman–Crippen LogP) is 2.92. The maximum absolute atomic E-state index is 13.9. The van der Waals surface area contributed by atoms with Crippen molar-refractivity contribution in [1.29, 1.82) is 0 Å². The van der Waals surface area contributed by atoms with E-state index in [1.165, 1.54) is 12.1 Å². The van der Waals surface area contributed by atoms with Gasteiger partial charge in [-0.2, -0.15) is 0 Å². The summed E-state index contributed by atoms with van der Waals surface area (Å²) in [6.45, 7) is 0. The van der Waals surface area contributed by atoms with Gasteiger partial charge < -0.3 is 15.5 Å². The van der Waals surface area contributed by atoms with Crippen LogP contribution in [0.1, 0.15) is 11.1 Å². The number of carbonyl (C=O) groups is 3. The standard InChI is InChI=1S/C26H20ClN3O5/c27-14-6-8-15(9-7-14)30-23(33)21-18(11-13-5-10-19(31)20(32)12-13)29-26(22(21)24(30)34)16-3-1-2-4-17(16)28-25(26)35/h1-10,12,18,21-22,29,31-32H,11H2,(H,28,35)/t18-,21-,22-,26+/m1/s1. The third kappa shape index (κ3) is 3.00. The van der Waals surface area contributed by atoms with Crippen LogP contribution in [0.5, 0.6) is 11.5 Å². The Hall–Kier alpha value is -3.88. The van der Waals surface area contributed by atoms with Gasteiger partial charge in [0, 0.05) is 22.3 Å². The van der Waals surface area contributed by atoms with E-state index < -0.39 is 35.2 Å². The Balaban J connectivity index is 1.48. The quantitative estimate of drug-likeness (QED) is 0.332. The Morgan fingerprint density at radius 3 is 2.40 bits per heavy atom. The number of anilines is 2. The third-order valence-corrected chi connectivity index (χ3v) is 7.45. The number of phenols is 2. The first-order valence-electron chi connectivity index (χ1n) is 11.1. The second kappa shape index (κ2) is 7.56. The molecular formula is C26H20ClN3O5. The minimum Gasteiger partial charge on any atom is -0.504 e. The molecule has 6 rings (SSSR count). The smallest absolute Gasteiger partial charge is 0.250 e. The zero-order valence-electron chi connectivity index (χ0n) is 18.2. The van der Waals surface area contributed by atoms with Crippen molar-refractivity contribution in [2.24, 2.45) is 11.8 Å². The third-order valence-electron chi connectivity index (χ3n) is 7.20. The number of phenolic OH excluding ortho intramolecular Hbond substituents is 2. The Morgan fingerprint density at radius 1 is 0.914 bits per heavy atom. The molecule has 176 valence electrons. The van der Waals surface area contributed by atoms with E-state index >= 15 is 0 Å². The maximum Gasteiger partial charge on any atom is 0.250 e. The number of carbonyl (C=O) groups excluding carboxylic acids is 3. The molecule has 3 aromatic rings. The SMILES string of the molecule is O=C1[C@@H]2[C@@H](Cc3ccc(O)c(O)c3)N[C@]3(C(=O)Nc4ccccc43)[C@H]2C(=O)N1c1ccc(Cl)cc1. The van der Waals surface area contributed by atoms with Crippen molar-refractivity contribution in [3.63, 3.8) is 0 Å². The van der Waals surface area contributed by atoms with Crippen molar-refractivity contribution >= 4 is 40.7 Å². The second-order valence-corrected chi connectivity index (χ2v) is 9.51. The number of benzene rings is 3. The number of nitrogens with zero attached hydrogens (tertiary/aromatic N) is 1. The number of halogens is 1. The molecule has 0 radical (unpaired) electrons. The van der Waals surface area contributed by atoms with Crippen molar-refractivity contribution in [2.75, 3.05) is 10.2 Å². The van der Waals surface area contributed by atoms with Crippen molar-refractivity contribution in [3.05, 3.63) is 82.9 Å². The van der Waals surface area contributed by atoms with E-state index in [9.17, 15) is 24.6 Å². The summed E-state index contributed by atoms with van der Waals surface area (Å²) in [5.41, 5.74) is 0.831. The summed E-state index contributed by atoms with van der Waals surface area (Å²) in [6, 6.07) is 17.4. The average Bonchev–Trinajstić information content (AvgIpc) is 3.42. The number of fused-ring (bicyclic) bond motifs is 4. The Morgan fingerprint density at radius 2 is 1.66 bits per heavy atom. The minimum absolute atomic E-state index is 0.250. The van der Waals surface area contributed by atoms with E-state index in [0.29, 0.717) is 27.5 Å². The summed E-state index contributed by atoms with van der Waals surface area (Å²) in [5.74, 6) is -3.59. The molecule has 4 atom stereocenters. The average molecular weight is 490 g/mol. The van der Waals surface area contributed by atoms with Crippen molar-refractivity contribution < 1.29 is 24.6 Å². The van der Waals surface area contributed by atoms with Crippen LogP contribution in [-0.2, 0) is 26.3 Å². The number of aromatic hydroxyl groups is 2. The lowest BCUT2D eigenvalue weighted by molar-refractivity contribution is -0.130. The highest BCUT2D eigenvalue weighted by Crippen LogP contribution is 2.54. The van der Waals surface area contributed by atoms with Crippen LogP contribution in [0.25, 0.3) is 0 Å². The summed E-state index contributed by atoms with van der Waals surface area (Å²) >= 11 is 6.01. The van der Waals surface area contributed by atoms with Crippen LogP contribution in [-0.4, -0.2) is 34.0 Å². The van der Waals surface area contributed by atoms with E-state index in [2.05, 4.69) is 10.6 Å². The van der Waals surface area contributed by atoms with Crippen LogP contribution in [0.3, 0.4) is 0 Å². The molecule has 3 aliphatic rings. The lowest BCUT2D eigenvalue weighted by atomic mass is 9.76. The highest BCUT2D eigenvalue weighted by Gasteiger charge is 2.70. The van der Waals surface area contributed by atoms with Crippen LogP contribution in [0, 0.1) is 11.8 Å². The number of nitrogens with one attached hydrogen (secondary N) is 2. The lowest BCUT2D eigenvalue weighted by Gasteiger charge is -2.29. The van der Waals surface area contributed by atoms with Gasteiger partial charge in [-0.25, -0.2) is 4.90 Å². The molecule has 2 fully saturated rings. The van der Waals surface area contributed by atoms with Crippen molar-refractivity contribution in [1.82, 2.24) is 5.32 Å². The molecule has 3 aliphatic heterocycles. The van der Waals surface area contributed by atoms with Gasteiger partial charge in [0.25, 0.3) is 0 Å². The number of rotatable bonds is 3. The number of imide groups is 1. The molecule has 9 heteroatoms. The first-order valence-corrected chi connectivity index (χ1v) is 11.5. The van der Waals surface area contributed by atoms with Gasteiger partial charge in [-0.1, -0.05) is 35.9 Å². The molecule has 1 spiro atoms. The van der Waals surface area contributed by atoms with Gasteiger partial charge >= 0.3 is 0 Å². The molecule has 3 heterocycles. The number of para-hydroxylation sites is 1. The number of hydrogen-bond donors (Lipinski definition) is 4. The highest BCUT2D eigenvalue weighted by molar-refractivity contribution is 6.31. The van der Waals surface area contributed by atoms with Gasteiger partial charge in [-0.15, -0.1) is 0 Å². The van der Waals surface area contributed by atoms with E-state index in [1.54, 1.807) is 54.6 Å². The van der Waals surface area contributed by atoms with Crippen LogP contribution in [0.15, 0.2) is 66.7 Å². The van der Waals surface area contributed by atoms with Crippen LogP contribution in [0.4, 0.5) is 11.4 Å². The van der Waals surface area contributed by atoms with Gasteiger partial charge in [0.2, 0.25) is 17.7 Å². The molecule has 35 heavy (non-hydrogen) atoms. The van der Waals surface area contributed by atoms with Gasteiger partial charge in [0.05, 0.1) is 17.5 Å². The fraction of sp³-hybridized carbons (Fsp3) is 0.192. The molecule has 0 unspecified atom stereocenters. The molecular weight excluding hydrogens is 470 g/mol. The number of amides is 3. The first-order chi connectivity index (χ1) is 16.8. The topological polar surface area (TPSA) is 119 Å². The predicted molar refractivity (Wildman–Crippen MR) is 128 cm³/mol. The van der Waals surface area contributed by atoms with E-state index in [4.69, 9.17) is 11.6 Å². The van der Waals surface area contributed by atoms with Gasteiger partial charge in [0.1, 0.15) is 5.54 Å². The van der Waals surface area contributed by atoms with Crippen molar-refractivity contribution in [3.8, 4) is 11.5 Å². The van der Waals surface area contributed by atoms with Gasteiger partial charge in [-0.3, -0.25) is 19.7 Å². The summed E-state index contributed by atoms with van der Waals surface area (Å²) in [6.07, 6.45) is 0.250. The van der Waals surface area contributed by atoms with Gasteiger partial charge in [0.15, 0.2) is 11.5 Å². The van der Waals surface area contributed by atoms with Crippen molar-refractivity contribution in [2.45, 2.75) is 18.0 Å². The Kier molecular flexibility index (Phi) is 4.67. The maximum atomic E-state index is 13.9. The second-order valence-electron chi connectivity index (χ2n) is 9.08. The monoisotopic (exact) mass is 489 g/mol. The molecule has 0 aliphatic carbocycles. The zero-order valence-corrected chi connectivity index (χ0v) is 19.0. The summed E-state index contributed by atoms with van der Waals surface area (Å²) < 4.78 is 0. The molecule has 3 aromatic carbocycles. The van der Waals surface area contributed by atoms with Crippen LogP contribution < -0.4 is 15.5 Å². The molecule has 2 saturated heterocycles. The Bertz CT molecular complexity index is 1410. The molecule has 8 nitrogen and oxygen atoms in total. The minimum atomic E-state index is -1.42. The van der Waals surface area contributed by atoms with E-state index in [0.717, 1.165) is 4.90 Å². The molecule has 4 N–H and O–H groups in total. The zero-order chi connectivity index (χ0) is 24.5. The Labute approximate surface area is 205 Å². The summed E-state index contributed by atoms with van der Waals surface area (Å²) in [5, 5.41) is 26.4. The summed E-state index contributed by atoms with van der Waals surface area (Å²) in [7, 11) is 0. The molecule has 0 aromatic heterocycles. The highest BCUT2D eigenvalue weighted by atomic mass is 35.5. The summed E-state index contributed by atoms with van der Waals surface area (Å²) in [4.78, 5) is 42.3. The lowest BCUT2D eigenvalue weighted by Crippen LogP contribution is -2.53. The molecule has 0 saturated carbocycles. The van der Waals surface area contributed by atoms with Crippen LogP contribution >= 0.6 is 11.6 Å².